The molecule has 0 saturated carbocycles. The van der Waals surface area contributed by atoms with Gasteiger partial charge in [-0.3, -0.25) is 9.59 Å². The molecule has 0 N–H and O–H groups in total. The SMILES string of the molecule is CC(C)(C(=O)N1CCN(C(=O)c2ccc(Cl)cc2)CC1)c1ccccc1. The minimum Gasteiger partial charge on any atom is -0.338 e. The van der Waals surface area contributed by atoms with Crippen LogP contribution in [-0.2, 0) is 10.2 Å². The fourth-order valence-electron chi connectivity index (χ4n) is 3.26. The number of carbonyl (C=O) groups excluding carboxylic acids is 2. The van der Waals surface area contributed by atoms with Gasteiger partial charge in [-0.05, 0) is 43.7 Å². The largest absolute Gasteiger partial charge is 0.338 e. The van der Waals surface area contributed by atoms with Crippen LogP contribution < -0.4 is 0 Å². The van der Waals surface area contributed by atoms with E-state index in [2.05, 4.69) is 0 Å². The van der Waals surface area contributed by atoms with Crippen LogP contribution in [0.1, 0.15) is 29.8 Å². The van der Waals surface area contributed by atoms with E-state index in [0.717, 1.165) is 5.56 Å². The van der Waals surface area contributed by atoms with E-state index in [1.165, 1.54) is 0 Å². The number of amides is 2. The van der Waals surface area contributed by atoms with E-state index in [4.69, 9.17) is 11.6 Å². The summed E-state index contributed by atoms with van der Waals surface area (Å²) in [5.41, 5.74) is 1.05. The predicted octanol–water partition coefficient (Wildman–Crippen LogP) is 3.60. The molecule has 0 aliphatic carbocycles. The lowest BCUT2D eigenvalue weighted by atomic mass is 9.83. The molecule has 1 aliphatic rings. The summed E-state index contributed by atoms with van der Waals surface area (Å²) in [6, 6.07) is 16.7. The van der Waals surface area contributed by atoms with Gasteiger partial charge in [-0.2, -0.15) is 0 Å². The van der Waals surface area contributed by atoms with E-state index in [-0.39, 0.29) is 11.8 Å². The Morgan fingerprint density at radius 3 is 1.96 bits per heavy atom. The Bertz CT molecular complexity index is 779. The Labute approximate surface area is 159 Å². The summed E-state index contributed by atoms with van der Waals surface area (Å²) < 4.78 is 0. The highest BCUT2D eigenvalue weighted by Crippen LogP contribution is 2.26. The Morgan fingerprint density at radius 2 is 1.38 bits per heavy atom. The molecule has 2 aromatic rings. The van der Waals surface area contributed by atoms with Crippen LogP contribution in [0.5, 0.6) is 0 Å². The van der Waals surface area contributed by atoms with Crippen molar-refractivity contribution in [1.29, 1.82) is 0 Å². The minimum absolute atomic E-state index is 0.0175. The summed E-state index contributed by atoms with van der Waals surface area (Å²) in [7, 11) is 0. The highest BCUT2D eigenvalue weighted by Gasteiger charge is 2.35. The molecule has 1 fully saturated rings. The first-order valence-corrected chi connectivity index (χ1v) is 9.17. The zero-order chi connectivity index (χ0) is 18.7. The number of rotatable bonds is 3. The van der Waals surface area contributed by atoms with Gasteiger partial charge in [-0.1, -0.05) is 41.9 Å². The smallest absolute Gasteiger partial charge is 0.253 e. The molecule has 1 aliphatic heterocycles. The van der Waals surface area contributed by atoms with Crippen molar-refractivity contribution in [2.75, 3.05) is 26.2 Å². The molecule has 2 amide bonds. The Kier molecular flexibility index (Phi) is 5.33. The Balaban J connectivity index is 1.64. The van der Waals surface area contributed by atoms with E-state index in [1.807, 2.05) is 49.1 Å². The van der Waals surface area contributed by atoms with Gasteiger partial charge in [0.2, 0.25) is 5.91 Å². The summed E-state index contributed by atoms with van der Waals surface area (Å²) in [5, 5.41) is 0.611. The van der Waals surface area contributed by atoms with Gasteiger partial charge in [0.15, 0.2) is 0 Å². The third-order valence-electron chi connectivity index (χ3n) is 4.98. The fourth-order valence-corrected chi connectivity index (χ4v) is 3.39. The predicted molar refractivity (Wildman–Crippen MR) is 103 cm³/mol. The maximum absolute atomic E-state index is 13.0. The lowest BCUT2D eigenvalue weighted by Gasteiger charge is -2.38. The van der Waals surface area contributed by atoms with Gasteiger partial charge in [0.25, 0.3) is 5.91 Å². The highest BCUT2D eigenvalue weighted by molar-refractivity contribution is 6.30. The molecule has 3 rings (SSSR count). The molecule has 4 nitrogen and oxygen atoms in total. The third kappa shape index (κ3) is 3.75. The second-order valence-corrected chi connectivity index (χ2v) is 7.52. The zero-order valence-corrected chi connectivity index (χ0v) is 15.9. The van der Waals surface area contributed by atoms with Gasteiger partial charge < -0.3 is 9.80 Å². The summed E-state index contributed by atoms with van der Waals surface area (Å²) in [6.07, 6.45) is 0. The van der Waals surface area contributed by atoms with E-state index >= 15 is 0 Å². The lowest BCUT2D eigenvalue weighted by Crippen LogP contribution is -2.54. The Morgan fingerprint density at radius 1 is 0.846 bits per heavy atom. The second-order valence-electron chi connectivity index (χ2n) is 7.08. The fraction of sp³-hybridized carbons (Fsp3) is 0.333. The molecule has 0 unspecified atom stereocenters. The van der Waals surface area contributed by atoms with Crippen LogP contribution in [0.4, 0.5) is 0 Å². The first-order chi connectivity index (χ1) is 12.4. The molecule has 0 spiro atoms. The molecule has 5 heteroatoms. The van der Waals surface area contributed by atoms with Gasteiger partial charge in [0.05, 0.1) is 5.41 Å². The topological polar surface area (TPSA) is 40.6 Å². The summed E-state index contributed by atoms with van der Waals surface area (Å²) in [5.74, 6) is 0.0818. The third-order valence-corrected chi connectivity index (χ3v) is 5.23. The van der Waals surface area contributed by atoms with Crippen molar-refractivity contribution < 1.29 is 9.59 Å². The van der Waals surface area contributed by atoms with Gasteiger partial charge >= 0.3 is 0 Å². The first kappa shape index (κ1) is 18.5. The molecule has 0 aromatic heterocycles. The Hall–Kier alpha value is -2.33. The molecule has 0 radical (unpaired) electrons. The second kappa shape index (κ2) is 7.50. The number of piperazine rings is 1. The van der Waals surface area contributed by atoms with Gasteiger partial charge in [-0.15, -0.1) is 0 Å². The number of hydrogen-bond acceptors (Lipinski definition) is 2. The lowest BCUT2D eigenvalue weighted by molar-refractivity contribution is -0.137. The molecular formula is C21H23ClN2O2. The van der Waals surface area contributed by atoms with Gasteiger partial charge in [-0.25, -0.2) is 0 Å². The van der Waals surface area contributed by atoms with Crippen LogP contribution in [0, 0.1) is 0 Å². The van der Waals surface area contributed by atoms with Crippen molar-refractivity contribution in [3.63, 3.8) is 0 Å². The maximum atomic E-state index is 13.0. The molecular weight excluding hydrogens is 348 g/mol. The molecule has 0 atom stereocenters. The van der Waals surface area contributed by atoms with Crippen molar-refractivity contribution in [2.24, 2.45) is 0 Å². The van der Waals surface area contributed by atoms with Crippen LogP contribution in [0.25, 0.3) is 0 Å². The number of benzene rings is 2. The van der Waals surface area contributed by atoms with Crippen LogP contribution >= 0.6 is 11.6 Å². The van der Waals surface area contributed by atoms with Gasteiger partial charge in [0.1, 0.15) is 0 Å². The van der Waals surface area contributed by atoms with Crippen LogP contribution in [0.15, 0.2) is 54.6 Å². The number of nitrogens with zero attached hydrogens (tertiary/aromatic N) is 2. The maximum Gasteiger partial charge on any atom is 0.253 e. The van der Waals surface area contributed by atoms with E-state index in [9.17, 15) is 9.59 Å². The molecule has 26 heavy (non-hydrogen) atoms. The number of hydrogen-bond donors (Lipinski definition) is 0. The quantitative estimate of drug-likeness (QED) is 0.828. The average molecular weight is 371 g/mol. The first-order valence-electron chi connectivity index (χ1n) is 8.79. The van der Waals surface area contributed by atoms with Crippen LogP contribution in [0.3, 0.4) is 0 Å². The molecule has 0 bridgehead atoms. The molecule has 1 saturated heterocycles. The van der Waals surface area contributed by atoms with E-state index in [1.54, 1.807) is 29.2 Å². The van der Waals surface area contributed by atoms with Crippen molar-refractivity contribution >= 4 is 23.4 Å². The summed E-state index contributed by atoms with van der Waals surface area (Å²) in [4.78, 5) is 29.3. The van der Waals surface area contributed by atoms with Crippen molar-refractivity contribution in [1.82, 2.24) is 9.80 Å². The van der Waals surface area contributed by atoms with Crippen LogP contribution in [0.2, 0.25) is 5.02 Å². The van der Waals surface area contributed by atoms with Crippen molar-refractivity contribution in [2.45, 2.75) is 19.3 Å². The monoisotopic (exact) mass is 370 g/mol. The molecule has 1 heterocycles. The molecule has 2 aromatic carbocycles. The summed E-state index contributed by atoms with van der Waals surface area (Å²) >= 11 is 5.88. The van der Waals surface area contributed by atoms with Gasteiger partial charge in [0, 0.05) is 36.8 Å². The molecule has 136 valence electrons. The highest BCUT2D eigenvalue weighted by atomic mass is 35.5. The van der Waals surface area contributed by atoms with Crippen molar-refractivity contribution in [3.05, 3.63) is 70.7 Å². The minimum atomic E-state index is -0.580. The standard InChI is InChI=1S/C21H23ClN2O2/c1-21(2,17-6-4-3-5-7-17)20(26)24-14-12-23(13-15-24)19(25)16-8-10-18(22)11-9-16/h3-11H,12-15H2,1-2H3. The van der Waals surface area contributed by atoms with Crippen molar-refractivity contribution in [3.8, 4) is 0 Å². The zero-order valence-electron chi connectivity index (χ0n) is 15.1. The van der Waals surface area contributed by atoms with E-state index < -0.39 is 5.41 Å². The number of carbonyl (C=O) groups is 2. The van der Waals surface area contributed by atoms with E-state index in [0.29, 0.717) is 36.8 Å². The number of halogens is 1. The normalized spacial score (nSPS) is 15.0. The summed E-state index contributed by atoms with van der Waals surface area (Å²) in [6.45, 7) is 6.09. The average Bonchev–Trinajstić information content (AvgIpc) is 2.68. The van der Waals surface area contributed by atoms with Crippen LogP contribution in [-0.4, -0.2) is 47.8 Å².